The van der Waals surface area contributed by atoms with E-state index in [1.165, 1.54) is 0 Å². The normalized spacial score (nSPS) is 9.79. The van der Waals surface area contributed by atoms with Gasteiger partial charge >= 0.3 is 0 Å². The number of anilines is 2. The molecule has 0 radical (unpaired) electrons. The Hall–Kier alpha value is -1.70. The zero-order valence-corrected chi connectivity index (χ0v) is 12.4. The molecule has 5 heteroatoms. The lowest BCUT2D eigenvalue weighted by atomic mass is 10.2. The minimum atomic E-state index is 0.515. The van der Waals surface area contributed by atoms with Gasteiger partial charge in [-0.15, -0.1) is 0 Å². The van der Waals surface area contributed by atoms with Gasteiger partial charge in [0.05, 0.1) is 23.4 Å². The molecule has 2 aromatic carbocycles. The fourth-order valence-electron chi connectivity index (χ4n) is 1.64. The fraction of sp³-hybridized carbons (Fsp3) is 0.0714. The first-order valence-electron chi connectivity index (χ1n) is 5.45. The molecular formula is C14H10BrClN2O. The smallest absolute Gasteiger partial charge is 0.137 e. The quantitative estimate of drug-likeness (QED) is 0.881. The third-order valence-electron chi connectivity index (χ3n) is 2.56. The molecule has 0 saturated carbocycles. The average Bonchev–Trinajstić information content (AvgIpc) is 2.39. The molecule has 3 nitrogen and oxygen atoms in total. The summed E-state index contributed by atoms with van der Waals surface area (Å²) in [5, 5.41) is 12.8. The van der Waals surface area contributed by atoms with E-state index in [9.17, 15) is 0 Å². The minimum absolute atomic E-state index is 0.515. The highest BCUT2D eigenvalue weighted by Gasteiger charge is 2.07. The van der Waals surface area contributed by atoms with Gasteiger partial charge in [-0.25, -0.2) is 0 Å². The van der Waals surface area contributed by atoms with E-state index in [0.29, 0.717) is 16.3 Å². The van der Waals surface area contributed by atoms with E-state index in [1.807, 2.05) is 24.3 Å². The van der Waals surface area contributed by atoms with Crippen LogP contribution in [0.25, 0.3) is 0 Å². The number of ether oxygens (including phenoxy) is 1. The summed E-state index contributed by atoms with van der Waals surface area (Å²) in [5.74, 6) is 0.613. The highest BCUT2D eigenvalue weighted by atomic mass is 79.9. The second-order valence-corrected chi connectivity index (χ2v) is 5.01. The molecule has 0 aromatic heterocycles. The van der Waals surface area contributed by atoms with Gasteiger partial charge in [0.2, 0.25) is 0 Å². The lowest BCUT2D eigenvalue weighted by molar-refractivity contribution is 0.415. The van der Waals surface area contributed by atoms with Crippen LogP contribution in [0.1, 0.15) is 5.56 Å². The molecule has 0 aliphatic heterocycles. The molecule has 0 aliphatic rings. The van der Waals surface area contributed by atoms with Gasteiger partial charge in [-0.1, -0.05) is 17.7 Å². The van der Waals surface area contributed by atoms with Crippen molar-refractivity contribution in [3.63, 3.8) is 0 Å². The maximum Gasteiger partial charge on any atom is 0.137 e. The Morgan fingerprint density at radius 3 is 2.74 bits per heavy atom. The Balaban J connectivity index is 2.34. The first kappa shape index (κ1) is 13.7. The van der Waals surface area contributed by atoms with Crippen LogP contribution in [-0.2, 0) is 0 Å². The summed E-state index contributed by atoms with van der Waals surface area (Å²) in [6.45, 7) is 0. The van der Waals surface area contributed by atoms with Crippen LogP contribution in [0.2, 0.25) is 5.02 Å². The summed E-state index contributed by atoms with van der Waals surface area (Å²) in [4.78, 5) is 0. The Bertz CT molecular complexity index is 652. The van der Waals surface area contributed by atoms with Gasteiger partial charge in [0.15, 0.2) is 0 Å². The van der Waals surface area contributed by atoms with Crippen molar-refractivity contribution in [1.29, 1.82) is 5.26 Å². The van der Waals surface area contributed by atoms with Gasteiger partial charge in [-0.3, -0.25) is 0 Å². The molecule has 0 saturated heterocycles. The minimum Gasteiger partial charge on any atom is -0.495 e. The number of benzene rings is 2. The molecule has 0 amide bonds. The molecule has 0 unspecified atom stereocenters. The van der Waals surface area contributed by atoms with Gasteiger partial charge in [0.1, 0.15) is 11.8 Å². The van der Waals surface area contributed by atoms with E-state index < -0.39 is 0 Å². The summed E-state index contributed by atoms with van der Waals surface area (Å²) in [6.07, 6.45) is 0. The lowest BCUT2D eigenvalue weighted by Gasteiger charge is -2.11. The highest BCUT2D eigenvalue weighted by molar-refractivity contribution is 9.10. The van der Waals surface area contributed by atoms with Crippen molar-refractivity contribution >= 4 is 38.9 Å². The van der Waals surface area contributed by atoms with E-state index in [1.54, 1.807) is 19.2 Å². The number of halogens is 2. The van der Waals surface area contributed by atoms with Gasteiger partial charge in [0, 0.05) is 10.2 Å². The van der Waals surface area contributed by atoms with Crippen LogP contribution in [-0.4, -0.2) is 7.11 Å². The lowest BCUT2D eigenvalue weighted by Crippen LogP contribution is -1.95. The van der Waals surface area contributed by atoms with Crippen molar-refractivity contribution in [3.8, 4) is 11.8 Å². The molecule has 0 bridgehead atoms. The van der Waals surface area contributed by atoms with E-state index in [-0.39, 0.29) is 0 Å². The second-order valence-electron chi connectivity index (χ2n) is 3.75. The summed E-state index contributed by atoms with van der Waals surface area (Å²) < 4.78 is 5.84. The van der Waals surface area contributed by atoms with E-state index in [4.69, 9.17) is 21.6 Å². The van der Waals surface area contributed by atoms with Crippen molar-refractivity contribution in [2.45, 2.75) is 0 Å². The number of hydrogen-bond acceptors (Lipinski definition) is 3. The molecule has 0 atom stereocenters. The molecule has 2 aromatic rings. The molecule has 0 aliphatic carbocycles. The Kier molecular flexibility index (Phi) is 4.31. The summed E-state index contributed by atoms with van der Waals surface area (Å²) in [5.41, 5.74) is 2.06. The molecule has 2 rings (SSSR count). The largest absolute Gasteiger partial charge is 0.495 e. The SMILES string of the molecule is COc1ccc(Nc2cccc(Br)c2C#N)cc1Cl. The average molecular weight is 338 g/mol. The van der Waals surface area contributed by atoms with Crippen molar-refractivity contribution in [2.75, 3.05) is 12.4 Å². The highest BCUT2D eigenvalue weighted by Crippen LogP contribution is 2.31. The maximum absolute atomic E-state index is 9.15. The first-order valence-corrected chi connectivity index (χ1v) is 6.62. The number of nitriles is 1. The zero-order valence-electron chi connectivity index (χ0n) is 10.1. The third kappa shape index (κ3) is 3.01. The molecule has 1 N–H and O–H groups in total. The third-order valence-corrected chi connectivity index (χ3v) is 3.51. The van der Waals surface area contributed by atoms with Crippen molar-refractivity contribution in [1.82, 2.24) is 0 Å². The number of nitrogens with zero attached hydrogens (tertiary/aromatic N) is 1. The van der Waals surface area contributed by atoms with Crippen LogP contribution in [0.15, 0.2) is 40.9 Å². The van der Waals surface area contributed by atoms with E-state index in [2.05, 4.69) is 27.3 Å². The van der Waals surface area contributed by atoms with Crippen molar-refractivity contribution in [3.05, 3.63) is 51.5 Å². The molecule has 0 heterocycles. The standard InChI is InChI=1S/C14H10BrClN2O/c1-19-14-6-5-9(7-12(14)16)18-13-4-2-3-11(15)10(13)8-17/h2-7,18H,1H3. The molecule has 19 heavy (non-hydrogen) atoms. The summed E-state index contributed by atoms with van der Waals surface area (Å²) in [6, 6.07) is 13.0. The van der Waals surface area contributed by atoms with Gasteiger partial charge < -0.3 is 10.1 Å². The number of rotatable bonds is 3. The second kappa shape index (κ2) is 5.96. The van der Waals surface area contributed by atoms with Crippen molar-refractivity contribution < 1.29 is 4.74 Å². The van der Waals surface area contributed by atoms with Gasteiger partial charge in [-0.2, -0.15) is 5.26 Å². The van der Waals surface area contributed by atoms with E-state index in [0.717, 1.165) is 15.8 Å². The summed E-state index contributed by atoms with van der Waals surface area (Å²) in [7, 11) is 1.57. The van der Waals surface area contributed by atoms with Gasteiger partial charge in [-0.05, 0) is 46.3 Å². The Morgan fingerprint density at radius 2 is 2.11 bits per heavy atom. The predicted octanol–water partition coefficient (Wildman–Crippen LogP) is 4.73. The fourth-order valence-corrected chi connectivity index (χ4v) is 2.35. The molecule has 96 valence electrons. The van der Waals surface area contributed by atoms with Crippen molar-refractivity contribution in [2.24, 2.45) is 0 Å². The number of nitrogens with one attached hydrogen (secondary N) is 1. The number of methoxy groups -OCH3 is 1. The monoisotopic (exact) mass is 336 g/mol. The predicted molar refractivity (Wildman–Crippen MR) is 80.1 cm³/mol. The Morgan fingerprint density at radius 1 is 1.32 bits per heavy atom. The summed E-state index contributed by atoms with van der Waals surface area (Å²) >= 11 is 9.41. The van der Waals surface area contributed by atoms with Crippen LogP contribution in [0.5, 0.6) is 5.75 Å². The first-order chi connectivity index (χ1) is 9.15. The van der Waals surface area contributed by atoms with Crippen LogP contribution in [0.3, 0.4) is 0 Å². The van der Waals surface area contributed by atoms with Gasteiger partial charge in [0.25, 0.3) is 0 Å². The zero-order chi connectivity index (χ0) is 13.8. The topological polar surface area (TPSA) is 45.0 Å². The van der Waals surface area contributed by atoms with Crippen LogP contribution in [0.4, 0.5) is 11.4 Å². The maximum atomic E-state index is 9.15. The molecular weight excluding hydrogens is 328 g/mol. The van der Waals surface area contributed by atoms with Crippen LogP contribution >= 0.6 is 27.5 Å². The molecule has 0 fully saturated rings. The number of hydrogen-bond donors (Lipinski definition) is 1. The van der Waals surface area contributed by atoms with Crippen LogP contribution in [0, 0.1) is 11.3 Å². The Labute approximate surface area is 124 Å². The molecule has 0 spiro atoms. The van der Waals surface area contributed by atoms with Crippen LogP contribution < -0.4 is 10.1 Å². The van der Waals surface area contributed by atoms with E-state index >= 15 is 0 Å².